The van der Waals surface area contributed by atoms with Crippen LogP contribution < -0.4 is 9.47 Å². The van der Waals surface area contributed by atoms with E-state index in [1.165, 1.54) is 0 Å². The molecule has 0 spiro atoms. The molecule has 0 bridgehead atoms. The molecular weight excluding hydrogens is 252 g/mol. The highest BCUT2D eigenvalue weighted by molar-refractivity contribution is 5.91. The second-order valence-electron chi connectivity index (χ2n) is 5.36. The number of aldehydes is 1. The van der Waals surface area contributed by atoms with Crippen molar-refractivity contribution in [1.29, 1.82) is 0 Å². The van der Waals surface area contributed by atoms with Crippen LogP contribution in [0.25, 0.3) is 10.8 Å². The molecule has 3 heteroatoms. The highest BCUT2D eigenvalue weighted by Gasteiger charge is 2.11. The van der Waals surface area contributed by atoms with Crippen LogP contribution in [0.4, 0.5) is 0 Å². The van der Waals surface area contributed by atoms with Crippen LogP contribution >= 0.6 is 0 Å². The summed E-state index contributed by atoms with van der Waals surface area (Å²) in [5.74, 6) is 1.45. The topological polar surface area (TPSA) is 35.5 Å². The van der Waals surface area contributed by atoms with Gasteiger partial charge in [0.25, 0.3) is 0 Å². The minimum absolute atomic E-state index is 0.0659. The largest absolute Gasteiger partial charge is 0.487 e. The Labute approximate surface area is 119 Å². The van der Waals surface area contributed by atoms with Gasteiger partial charge in [0.15, 0.2) is 11.5 Å². The summed E-state index contributed by atoms with van der Waals surface area (Å²) in [5.41, 5.74) is 0.658. The molecule has 3 nitrogen and oxygen atoms in total. The van der Waals surface area contributed by atoms with E-state index in [2.05, 4.69) is 0 Å². The van der Waals surface area contributed by atoms with Gasteiger partial charge in [-0.2, -0.15) is 0 Å². The van der Waals surface area contributed by atoms with Crippen molar-refractivity contribution < 1.29 is 14.3 Å². The highest BCUT2D eigenvalue weighted by Crippen LogP contribution is 2.34. The van der Waals surface area contributed by atoms with Crippen molar-refractivity contribution in [1.82, 2.24) is 0 Å². The van der Waals surface area contributed by atoms with Crippen LogP contribution in [0.5, 0.6) is 11.5 Å². The van der Waals surface area contributed by atoms with Crippen molar-refractivity contribution in [3.05, 3.63) is 35.9 Å². The monoisotopic (exact) mass is 272 g/mol. The Hall–Kier alpha value is -2.03. The maximum atomic E-state index is 10.9. The zero-order valence-corrected chi connectivity index (χ0v) is 12.3. The average Bonchev–Trinajstić information content (AvgIpc) is 2.37. The second-order valence-corrected chi connectivity index (χ2v) is 5.36. The van der Waals surface area contributed by atoms with E-state index in [0.29, 0.717) is 11.3 Å². The van der Waals surface area contributed by atoms with Crippen LogP contribution in [-0.2, 0) is 0 Å². The Balaban J connectivity index is 2.54. The third-order valence-electron chi connectivity index (χ3n) is 2.79. The van der Waals surface area contributed by atoms with Gasteiger partial charge < -0.3 is 9.47 Å². The predicted octanol–water partition coefficient (Wildman–Crippen LogP) is 4.23. The molecule has 0 unspecified atom stereocenters. The van der Waals surface area contributed by atoms with Crippen LogP contribution in [0.15, 0.2) is 30.3 Å². The predicted molar refractivity (Wildman–Crippen MR) is 80.9 cm³/mol. The van der Waals surface area contributed by atoms with Gasteiger partial charge in [0.1, 0.15) is 6.29 Å². The van der Waals surface area contributed by atoms with Crippen LogP contribution in [0.3, 0.4) is 0 Å². The Kier molecular flexibility index (Phi) is 4.28. The lowest BCUT2D eigenvalue weighted by Crippen LogP contribution is -2.10. The third kappa shape index (κ3) is 3.29. The number of hydrogen-bond acceptors (Lipinski definition) is 3. The Bertz CT molecular complexity index is 615. The van der Waals surface area contributed by atoms with Gasteiger partial charge in [0, 0.05) is 5.56 Å². The molecule has 0 amide bonds. The summed E-state index contributed by atoms with van der Waals surface area (Å²) in [4.78, 5) is 10.9. The number of rotatable bonds is 5. The van der Waals surface area contributed by atoms with Gasteiger partial charge in [-0.15, -0.1) is 0 Å². The molecule has 0 heterocycles. The Morgan fingerprint density at radius 2 is 1.40 bits per heavy atom. The molecule has 0 N–H and O–H groups in total. The fourth-order valence-corrected chi connectivity index (χ4v) is 2.04. The summed E-state index contributed by atoms with van der Waals surface area (Å²) in [5, 5.41) is 2.00. The molecule has 106 valence electrons. The molecule has 0 aliphatic carbocycles. The van der Waals surface area contributed by atoms with E-state index in [4.69, 9.17) is 9.47 Å². The van der Waals surface area contributed by atoms with Gasteiger partial charge in [-0.1, -0.05) is 12.1 Å². The first kappa shape index (κ1) is 14.4. The lowest BCUT2D eigenvalue weighted by molar-refractivity contribution is 0.112. The van der Waals surface area contributed by atoms with Gasteiger partial charge in [-0.3, -0.25) is 4.79 Å². The summed E-state index contributed by atoms with van der Waals surface area (Å²) in [6, 6.07) is 9.47. The van der Waals surface area contributed by atoms with E-state index in [1.54, 1.807) is 6.07 Å². The Morgan fingerprint density at radius 1 is 0.850 bits per heavy atom. The third-order valence-corrected chi connectivity index (χ3v) is 2.79. The van der Waals surface area contributed by atoms with E-state index >= 15 is 0 Å². The van der Waals surface area contributed by atoms with Gasteiger partial charge in [0.2, 0.25) is 0 Å². The maximum absolute atomic E-state index is 10.9. The fourth-order valence-electron chi connectivity index (χ4n) is 2.04. The first-order chi connectivity index (χ1) is 9.49. The van der Waals surface area contributed by atoms with Crippen molar-refractivity contribution in [3.63, 3.8) is 0 Å². The van der Waals surface area contributed by atoms with Gasteiger partial charge in [-0.25, -0.2) is 0 Å². The quantitative estimate of drug-likeness (QED) is 0.764. The highest BCUT2D eigenvalue weighted by atomic mass is 16.5. The fraction of sp³-hybridized carbons (Fsp3) is 0.353. The molecule has 2 rings (SSSR count). The van der Waals surface area contributed by atoms with Crippen molar-refractivity contribution in [2.24, 2.45) is 0 Å². The Morgan fingerprint density at radius 3 is 1.90 bits per heavy atom. The molecule has 0 aromatic heterocycles. The van der Waals surface area contributed by atoms with Gasteiger partial charge in [-0.05, 0) is 56.7 Å². The molecule has 0 saturated carbocycles. The molecule has 0 aliphatic rings. The maximum Gasteiger partial charge on any atom is 0.162 e. The van der Waals surface area contributed by atoms with Gasteiger partial charge >= 0.3 is 0 Å². The van der Waals surface area contributed by atoms with Gasteiger partial charge in [0.05, 0.1) is 12.2 Å². The molecule has 2 aromatic rings. The first-order valence-electron chi connectivity index (χ1n) is 6.86. The minimum atomic E-state index is 0.0659. The molecule has 20 heavy (non-hydrogen) atoms. The van der Waals surface area contributed by atoms with Crippen LogP contribution in [0.2, 0.25) is 0 Å². The standard InChI is InChI=1S/C17H20O3/c1-11(2)19-16-8-14-6-5-13(10-18)7-15(14)9-17(16)20-12(3)4/h5-12H,1-4H3. The smallest absolute Gasteiger partial charge is 0.162 e. The molecule has 0 fully saturated rings. The van der Waals surface area contributed by atoms with Crippen LogP contribution in [-0.4, -0.2) is 18.5 Å². The molecule has 0 saturated heterocycles. The van der Waals surface area contributed by atoms with E-state index in [-0.39, 0.29) is 12.2 Å². The molecule has 0 radical (unpaired) electrons. The van der Waals surface area contributed by atoms with E-state index < -0.39 is 0 Å². The minimum Gasteiger partial charge on any atom is -0.487 e. The lowest BCUT2D eigenvalue weighted by atomic mass is 10.1. The van der Waals surface area contributed by atoms with Crippen molar-refractivity contribution in [3.8, 4) is 11.5 Å². The van der Waals surface area contributed by atoms with Crippen molar-refractivity contribution >= 4 is 17.1 Å². The van der Waals surface area contributed by atoms with E-state index in [0.717, 1.165) is 22.8 Å². The molecule has 0 aliphatic heterocycles. The van der Waals surface area contributed by atoms with E-state index in [1.807, 2.05) is 52.0 Å². The van der Waals surface area contributed by atoms with E-state index in [9.17, 15) is 4.79 Å². The number of fused-ring (bicyclic) bond motifs is 1. The lowest BCUT2D eigenvalue weighted by Gasteiger charge is -2.18. The SMILES string of the molecule is CC(C)Oc1cc2ccc(C=O)cc2cc1OC(C)C. The van der Waals surface area contributed by atoms with Crippen molar-refractivity contribution in [2.45, 2.75) is 39.9 Å². The second kappa shape index (κ2) is 5.95. The normalized spacial score (nSPS) is 11.1. The number of ether oxygens (including phenoxy) is 2. The van der Waals surface area contributed by atoms with Crippen LogP contribution in [0, 0.1) is 0 Å². The number of carbonyl (C=O) groups excluding carboxylic acids is 1. The number of carbonyl (C=O) groups is 1. The summed E-state index contributed by atoms with van der Waals surface area (Å²) < 4.78 is 11.6. The number of hydrogen-bond donors (Lipinski definition) is 0. The summed E-state index contributed by atoms with van der Waals surface area (Å²) >= 11 is 0. The van der Waals surface area contributed by atoms with Crippen LogP contribution in [0.1, 0.15) is 38.1 Å². The summed E-state index contributed by atoms with van der Waals surface area (Å²) in [6.45, 7) is 7.92. The summed E-state index contributed by atoms with van der Waals surface area (Å²) in [7, 11) is 0. The molecule has 2 aromatic carbocycles. The first-order valence-corrected chi connectivity index (χ1v) is 6.86. The van der Waals surface area contributed by atoms with Crippen molar-refractivity contribution in [2.75, 3.05) is 0 Å². The molecular formula is C17H20O3. The zero-order valence-electron chi connectivity index (χ0n) is 12.3. The number of benzene rings is 2. The summed E-state index contributed by atoms with van der Waals surface area (Å²) in [6.07, 6.45) is 0.994. The molecule has 0 atom stereocenters. The zero-order chi connectivity index (χ0) is 14.7. The average molecular weight is 272 g/mol.